The number of carbonyl (C=O) groups is 1. The number of halogens is 2. The van der Waals surface area contributed by atoms with Crippen LogP contribution in [-0.4, -0.2) is 30.9 Å². The van der Waals surface area contributed by atoms with Gasteiger partial charge in [0.2, 0.25) is 0 Å². The summed E-state index contributed by atoms with van der Waals surface area (Å²) in [6, 6.07) is 8.70. The maximum atomic E-state index is 11.8. The smallest absolute Gasteiger partial charge is 0.277 e. The second-order valence-electron chi connectivity index (χ2n) is 5.01. The van der Waals surface area contributed by atoms with E-state index in [0.717, 1.165) is 14.5 Å². The lowest BCUT2D eigenvalue weighted by Crippen LogP contribution is -2.24. The van der Waals surface area contributed by atoms with Crippen LogP contribution in [0.1, 0.15) is 11.1 Å². The molecule has 132 valence electrons. The third-order valence-electron chi connectivity index (χ3n) is 3.18. The highest BCUT2D eigenvalue weighted by Crippen LogP contribution is 2.32. The number of methoxy groups -OCH3 is 1. The van der Waals surface area contributed by atoms with E-state index < -0.39 is 5.91 Å². The molecule has 0 unspecified atom stereocenters. The number of phenols is 1. The van der Waals surface area contributed by atoms with Crippen LogP contribution < -0.4 is 14.9 Å². The van der Waals surface area contributed by atoms with Crippen LogP contribution in [0.25, 0.3) is 0 Å². The van der Waals surface area contributed by atoms with Crippen LogP contribution in [0, 0.1) is 6.92 Å². The first kappa shape index (κ1) is 19.3. The van der Waals surface area contributed by atoms with Crippen LogP contribution in [0.3, 0.4) is 0 Å². The van der Waals surface area contributed by atoms with E-state index in [2.05, 4.69) is 42.4 Å². The number of aromatic hydroxyl groups is 1. The average molecular weight is 472 g/mol. The lowest BCUT2D eigenvalue weighted by atomic mass is 10.2. The molecule has 0 atom stereocenters. The van der Waals surface area contributed by atoms with Crippen molar-refractivity contribution in [2.75, 3.05) is 13.7 Å². The van der Waals surface area contributed by atoms with Crippen molar-refractivity contribution in [3.63, 3.8) is 0 Å². The van der Waals surface area contributed by atoms with Crippen LogP contribution in [0.2, 0.25) is 0 Å². The van der Waals surface area contributed by atoms with Gasteiger partial charge in [-0.3, -0.25) is 4.79 Å². The Morgan fingerprint density at radius 2 is 2.12 bits per heavy atom. The van der Waals surface area contributed by atoms with Crippen molar-refractivity contribution in [3.05, 3.63) is 50.4 Å². The molecule has 0 aliphatic carbocycles. The van der Waals surface area contributed by atoms with Gasteiger partial charge in [0.15, 0.2) is 18.1 Å². The van der Waals surface area contributed by atoms with Crippen molar-refractivity contribution in [1.29, 1.82) is 0 Å². The molecule has 1 amide bonds. The van der Waals surface area contributed by atoms with Gasteiger partial charge in [0.05, 0.1) is 17.8 Å². The van der Waals surface area contributed by atoms with Crippen molar-refractivity contribution >= 4 is 44.0 Å². The first-order chi connectivity index (χ1) is 11.9. The molecule has 2 aromatic rings. The third-order valence-corrected chi connectivity index (χ3v) is 4.23. The van der Waals surface area contributed by atoms with E-state index >= 15 is 0 Å². The average Bonchev–Trinajstić information content (AvgIpc) is 2.55. The van der Waals surface area contributed by atoms with Crippen LogP contribution in [0.15, 0.2) is 44.4 Å². The van der Waals surface area contributed by atoms with Gasteiger partial charge in [-0.2, -0.15) is 5.10 Å². The topological polar surface area (TPSA) is 80.2 Å². The Bertz CT molecular complexity index is 786. The number of ether oxygens (including phenoxy) is 2. The summed E-state index contributed by atoms with van der Waals surface area (Å²) in [5.74, 6) is 0.448. The highest BCUT2D eigenvalue weighted by molar-refractivity contribution is 9.11. The predicted molar refractivity (Wildman–Crippen MR) is 102 cm³/mol. The van der Waals surface area contributed by atoms with Gasteiger partial charge in [0, 0.05) is 10.0 Å². The standard InChI is InChI=1S/C17H16Br2N2O4/c1-10-6-12(18)7-13(19)17(10)25-9-15(22)21-20-8-11-4-3-5-14(24-2)16(11)23/h3-8,23H,9H2,1-2H3,(H,21,22). The quantitative estimate of drug-likeness (QED) is 0.496. The van der Waals surface area contributed by atoms with Crippen molar-refractivity contribution < 1.29 is 19.4 Å². The van der Waals surface area contributed by atoms with Crippen LogP contribution in [0.4, 0.5) is 0 Å². The molecule has 2 aromatic carbocycles. The number of hydrogen-bond donors (Lipinski definition) is 2. The Morgan fingerprint density at radius 3 is 2.80 bits per heavy atom. The monoisotopic (exact) mass is 470 g/mol. The minimum atomic E-state index is -0.423. The molecule has 0 saturated heterocycles. The predicted octanol–water partition coefficient (Wildman–Crippen LogP) is 3.76. The van der Waals surface area contributed by atoms with E-state index in [9.17, 15) is 9.90 Å². The number of rotatable bonds is 6. The van der Waals surface area contributed by atoms with E-state index in [0.29, 0.717) is 17.1 Å². The van der Waals surface area contributed by atoms with E-state index in [1.54, 1.807) is 18.2 Å². The molecule has 0 aliphatic heterocycles. The molecule has 0 heterocycles. The first-order valence-corrected chi connectivity index (χ1v) is 8.77. The minimum Gasteiger partial charge on any atom is -0.504 e. The number of nitrogens with zero attached hydrogens (tertiary/aromatic N) is 1. The van der Waals surface area contributed by atoms with Crippen LogP contribution in [-0.2, 0) is 4.79 Å². The van der Waals surface area contributed by atoms with Gasteiger partial charge in [-0.25, -0.2) is 5.43 Å². The highest BCUT2D eigenvalue weighted by atomic mass is 79.9. The number of hydrazone groups is 1. The zero-order valence-electron chi connectivity index (χ0n) is 13.5. The fraction of sp³-hybridized carbons (Fsp3) is 0.176. The largest absolute Gasteiger partial charge is 0.504 e. The third kappa shape index (κ3) is 5.20. The summed E-state index contributed by atoms with van der Waals surface area (Å²) < 4.78 is 12.2. The Balaban J connectivity index is 1.93. The molecule has 0 bridgehead atoms. The van der Waals surface area contributed by atoms with E-state index in [1.807, 2.05) is 19.1 Å². The lowest BCUT2D eigenvalue weighted by Gasteiger charge is -2.11. The number of para-hydroxylation sites is 1. The van der Waals surface area contributed by atoms with Crippen molar-refractivity contribution in [2.24, 2.45) is 5.10 Å². The van der Waals surface area contributed by atoms with Gasteiger partial charge < -0.3 is 14.6 Å². The Morgan fingerprint density at radius 1 is 1.36 bits per heavy atom. The van der Waals surface area contributed by atoms with E-state index in [1.165, 1.54) is 13.3 Å². The summed E-state index contributed by atoms with van der Waals surface area (Å²) in [6.07, 6.45) is 1.33. The van der Waals surface area contributed by atoms with E-state index in [4.69, 9.17) is 9.47 Å². The van der Waals surface area contributed by atoms with Crippen molar-refractivity contribution in [2.45, 2.75) is 6.92 Å². The molecule has 2 rings (SSSR count). The summed E-state index contributed by atoms with van der Waals surface area (Å²) in [6.45, 7) is 1.69. The summed E-state index contributed by atoms with van der Waals surface area (Å²) in [5.41, 5.74) is 3.66. The molecule has 0 radical (unpaired) electrons. The second-order valence-corrected chi connectivity index (χ2v) is 6.78. The van der Waals surface area contributed by atoms with Gasteiger partial charge in [-0.1, -0.05) is 22.0 Å². The molecule has 0 spiro atoms. The van der Waals surface area contributed by atoms with Crippen LogP contribution in [0.5, 0.6) is 17.2 Å². The number of phenolic OH excluding ortho intramolecular Hbond substituents is 1. The number of carbonyl (C=O) groups excluding carboxylic acids is 1. The maximum Gasteiger partial charge on any atom is 0.277 e. The zero-order chi connectivity index (χ0) is 18.4. The molecule has 8 heteroatoms. The molecule has 25 heavy (non-hydrogen) atoms. The molecule has 6 nitrogen and oxygen atoms in total. The second kappa shape index (κ2) is 8.87. The van der Waals surface area contributed by atoms with Gasteiger partial charge in [0.25, 0.3) is 5.91 Å². The molecular weight excluding hydrogens is 456 g/mol. The molecule has 0 aromatic heterocycles. The van der Waals surface area contributed by atoms with Gasteiger partial charge in [-0.05, 0) is 52.7 Å². The number of benzene rings is 2. The molecular formula is C17H16Br2N2O4. The summed E-state index contributed by atoms with van der Waals surface area (Å²) in [7, 11) is 1.46. The summed E-state index contributed by atoms with van der Waals surface area (Å²) in [4.78, 5) is 11.8. The Hall–Kier alpha value is -2.06. The highest BCUT2D eigenvalue weighted by Gasteiger charge is 2.09. The summed E-state index contributed by atoms with van der Waals surface area (Å²) >= 11 is 6.78. The Kier molecular flexibility index (Phi) is 6.83. The van der Waals surface area contributed by atoms with E-state index in [-0.39, 0.29) is 12.4 Å². The van der Waals surface area contributed by atoms with Gasteiger partial charge in [-0.15, -0.1) is 0 Å². The Labute approximate surface area is 162 Å². The van der Waals surface area contributed by atoms with Crippen molar-refractivity contribution in [1.82, 2.24) is 5.43 Å². The molecule has 0 saturated carbocycles. The number of hydrogen-bond acceptors (Lipinski definition) is 5. The van der Waals surface area contributed by atoms with Gasteiger partial charge in [0.1, 0.15) is 5.75 Å². The normalized spacial score (nSPS) is 10.7. The number of aryl methyl sites for hydroxylation is 1. The fourth-order valence-corrected chi connectivity index (χ4v) is 3.58. The molecule has 0 aliphatic rings. The SMILES string of the molecule is COc1cccc(C=NNC(=O)COc2c(C)cc(Br)cc2Br)c1O. The lowest BCUT2D eigenvalue weighted by molar-refractivity contribution is -0.123. The molecule has 0 fully saturated rings. The minimum absolute atomic E-state index is 0.0475. The maximum absolute atomic E-state index is 11.8. The molecule has 2 N–H and O–H groups in total. The summed E-state index contributed by atoms with van der Waals surface area (Å²) in [5, 5.41) is 13.7. The van der Waals surface area contributed by atoms with Crippen molar-refractivity contribution in [3.8, 4) is 17.2 Å². The van der Waals surface area contributed by atoms with Crippen LogP contribution >= 0.6 is 31.9 Å². The van der Waals surface area contributed by atoms with Gasteiger partial charge >= 0.3 is 0 Å². The first-order valence-electron chi connectivity index (χ1n) is 7.18. The number of nitrogens with one attached hydrogen (secondary N) is 1. The number of amides is 1. The zero-order valence-corrected chi connectivity index (χ0v) is 16.7. The fourth-order valence-electron chi connectivity index (χ4n) is 2.02.